The quantitative estimate of drug-likeness (QED) is 0.665. The molecule has 0 fully saturated rings. The van der Waals surface area contributed by atoms with E-state index in [4.69, 9.17) is 0 Å². The van der Waals surface area contributed by atoms with Gasteiger partial charge in [0.1, 0.15) is 5.82 Å². The molecule has 0 amide bonds. The molecule has 0 spiro atoms. The number of para-hydroxylation sites is 1. The van der Waals surface area contributed by atoms with Gasteiger partial charge >= 0.3 is 0 Å². The summed E-state index contributed by atoms with van der Waals surface area (Å²) in [5.74, 6) is 0.661. The summed E-state index contributed by atoms with van der Waals surface area (Å²) in [5, 5.41) is 10.9. The Labute approximate surface area is 127 Å². The molecule has 1 aromatic carbocycles. The molecule has 9 heteroatoms. The maximum absolute atomic E-state index is 12.3. The van der Waals surface area contributed by atoms with Gasteiger partial charge in [0, 0.05) is 20.2 Å². The van der Waals surface area contributed by atoms with Gasteiger partial charge < -0.3 is 4.90 Å². The van der Waals surface area contributed by atoms with Crippen LogP contribution in [0.4, 0.5) is 17.2 Å². The van der Waals surface area contributed by atoms with Crippen LogP contribution in [0.2, 0.25) is 0 Å². The van der Waals surface area contributed by atoms with Crippen molar-refractivity contribution >= 4 is 27.2 Å². The van der Waals surface area contributed by atoms with E-state index in [1.54, 1.807) is 25.1 Å². The number of nitro benzene ring substituents is 1. The fraction of sp³-hybridized carbons (Fsp3) is 0.154. The van der Waals surface area contributed by atoms with Crippen molar-refractivity contribution in [1.29, 1.82) is 0 Å². The van der Waals surface area contributed by atoms with Crippen molar-refractivity contribution in [3.8, 4) is 0 Å². The zero-order chi connectivity index (χ0) is 16.3. The molecule has 2 rings (SSSR count). The molecule has 0 radical (unpaired) electrons. The molecule has 1 N–H and O–H groups in total. The highest BCUT2D eigenvalue weighted by Gasteiger charge is 2.25. The van der Waals surface area contributed by atoms with E-state index in [1.807, 2.05) is 0 Å². The van der Waals surface area contributed by atoms with Crippen LogP contribution >= 0.6 is 0 Å². The number of hydrogen-bond acceptors (Lipinski definition) is 6. The lowest BCUT2D eigenvalue weighted by atomic mass is 10.3. The molecule has 116 valence electrons. The predicted molar refractivity (Wildman–Crippen MR) is 82.5 cm³/mol. The Morgan fingerprint density at radius 3 is 2.41 bits per heavy atom. The van der Waals surface area contributed by atoms with Crippen molar-refractivity contribution in [2.45, 2.75) is 4.90 Å². The monoisotopic (exact) mass is 322 g/mol. The standard InChI is InChI=1S/C13H14N4O4S/c1-16(2)13-8-7-10(9-14-13)15-22(20,21)12-6-4-3-5-11(12)17(18)19/h3-9,15H,1-2H3. The number of nitro groups is 1. The average Bonchev–Trinajstić information content (AvgIpc) is 2.47. The summed E-state index contributed by atoms with van der Waals surface area (Å²) >= 11 is 0. The molecule has 0 saturated heterocycles. The van der Waals surface area contributed by atoms with E-state index in [2.05, 4.69) is 9.71 Å². The van der Waals surface area contributed by atoms with E-state index in [9.17, 15) is 18.5 Å². The van der Waals surface area contributed by atoms with Gasteiger partial charge in [-0.05, 0) is 18.2 Å². The van der Waals surface area contributed by atoms with Gasteiger partial charge in [0.15, 0.2) is 4.90 Å². The van der Waals surface area contributed by atoms with Gasteiger partial charge in [0.25, 0.3) is 15.7 Å². The van der Waals surface area contributed by atoms with Gasteiger partial charge in [-0.15, -0.1) is 0 Å². The van der Waals surface area contributed by atoms with Crippen LogP contribution in [0, 0.1) is 10.1 Å². The second kappa shape index (κ2) is 5.98. The van der Waals surface area contributed by atoms with Gasteiger partial charge in [-0.3, -0.25) is 14.8 Å². The van der Waals surface area contributed by atoms with Crippen LogP contribution in [0.15, 0.2) is 47.5 Å². The third-order valence-corrected chi connectivity index (χ3v) is 4.24. The van der Waals surface area contributed by atoms with Crippen LogP contribution in [0.3, 0.4) is 0 Å². The molecule has 1 heterocycles. The highest BCUT2D eigenvalue weighted by atomic mass is 32.2. The molecule has 0 aliphatic heterocycles. The van der Waals surface area contributed by atoms with Crippen LogP contribution in [0.1, 0.15) is 0 Å². The Bertz CT molecular complexity index is 788. The summed E-state index contributed by atoms with van der Waals surface area (Å²) in [5.41, 5.74) is -0.253. The van der Waals surface area contributed by atoms with Gasteiger partial charge in [-0.25, -0.2) is 13.4 Å². The largest absolute Gasteiger partial charge is 0.363 e. The van der Waals surface area contributed by atoms with E-state index >= 15 is 0 Å². The Kier molecular flexibility index (Phi) is 4.27. The topological polar surface area (TPSA) is 105 Å². The molecular weight excluding hydrogens is 308 g/mol. The fourth-order valence-electron chi connectivity index (χ4n) is 1.76. The maximum atomic E-state index is 12.3. The highest BCUT2D eigenvalue weighted by Crippen LogP contribution is 2.25. The first-order valence-electron chi connectivity index (χ1n) is 6.21. The normalized spacial score (nSPS) is 11.0. The van der Waals surface area contributed by atoms with E-state index in [-0.39, 0.29) is 5.69 Å². The van der Waals surface area contributed by atoms with E-state index in [0.717, 1.165) is 6.07 Å². The first kappa shape index (κ1) is 15.7. The molecule has 0 saturated carbocycles. The Morgan fingerprint density at radius 1 is 1.18 bits per heavy atom. The van der Waals surface area contributed by atoms with Crippen molar-refractivity contribution in [2.24, 2.45) is 0 Å². The van der Waals surface area contributed by atoms with Crippen molar-refractivity contribution in [3.05, 3.63) is 52.7 Å². The van der Waals surface area contributed by atoms with E-state index < -0.39 is 25.5 Å². The van der Waals surface area contributed by atoms with E-state index in [1.165, 1.54) is 30.5 Å². The molecule has 8 nitrogen and oxygen atoms in total. The second-order valence-corrected chi connectivity index (χ2v) is 6.28. The Hall–Kier alpha value is -2.68. The molecular formula is C13H14N4O4S. The molecule has 0 atom stereocenters. The zero-order valence-corrected chi connectivity index (χ0v) is 12.7. The minimum absolute atomic E-state index is 0.226. The van der Waals surface area contributed by atoms with Crippen LogP contribution in [-0.2, 0) is 10.0 Å². The maximum Gasteiger partial charge on any atom is 0.289 e. The van der Waals surface area contributed by atoms with Crippen molar-refractivity contribution in [3.63, 3.8) is 0 Å². The van der Waals surface area contributed by atoms with Crippen LogP contribution in [0.5, 0.6) is 0 Å². The van der Waals surface area contributed by atoms with Gasteiger partial charge in [0.05, 0.1) is 16.8 Å². The summed E-state index contributed by atoms with van der Waals surface area (Å²) in [6.45, 7) is 0. The number of hydrogen-bond donors (Lipinski definition) is 1. The van der Waals surface area contributed by atoms with E-state index in [0.29, 0.717) is 5.82 Å². The molecule has 22 heavy (non-hydrogen) atoms. The summed E-state index contributed by atoms with van der Waals surface area (Å²) < 4.78 is 26.9. The SMILES string of the molecule is CN(C)c1ccc(NS(=O)(=O)c2ccccc2[N+](=O)[O-])cn1. The van der Waals surface area contributed by atoms with Crippen molar-refractivity contribution in [2.75, 3.05) is 23.7 Å². The lowest BCUT2D eigenvalue weighted by Gasteiger charge is -2.12. The lowest BCUT2D eigenvalue weighted by molar-refractivity contribution is -0.387. The first-order valence-corrected chi connectivity index (χ1v) is 7.69. The number of aromatic nitrogens is 1. The zero-order valence-electron chi connectivity index (χ0n) is 11.9. The summed E-state index contributed by atoms with van der Waals surface area (Å²) in [4.78, 5) is 15.7. The predicted octanol–water partition coefficient (Wildman–Crippen LogP) is 1.86. The number of pyridine rings is 1. The molecule has 0 aliphatic carbocycles. The summed E-state index contributed by atoms with van der Waals surface area (Å²) in [6.07, 6.45) is 1.35. The van der Waals surface area contributed by atoms with Crippen molar-refractivity contribution in [1.82, 2.24) is 4.98 Å². The molecule has 1 aromatic heterocycles. The number of nitrogens with zero attached hydrogens (tertiary/aromatic N) is 3. The Balaban J connectivity index is 2.34. The molecule has 0 bridgehead atoms. The van der Waals surface area contributed by atoms with Crippen LogP contribution in [0.25, 0.3) is 0 Å². The number of rotatable bonds is 5. The Morgan fingerprint density at radius 2 is 1.86 bits per heavy atom. The summed E-state index contributed by atoms with van der Waals surface area (Å²) in [6, 6.07) is 8.33. The fourth-order valence-corrected chi connectivity index (χ4v) is 2.97. The van der Waals surface area contributed by atoms with Gasteiger partial charge in [0.2, 0.25) is 0 Å². The van der Waals surface area contributed by atoms with Crippen molar-refractivity contribution < 1.29 is 13.3 Å². The van der Waals surface area contributed by atoms with Gasteiger partial charge in [-0.2, -0.15) is 0 Å². The molecule has 0 aliphatic rings. The highest BCUT2D eigenvalue weighted by molar-refractivity contribution is 7.92. The minimum Gasteiger partial charge on any atom is -0.363 e. The van der Waals surface area contributed by atoms with Crippen LogP contribution in [-0.4, -0.2) is 32.4 Å². The summed E-state index contributed by atoms with van der Waals surface area (Å²) in [7, 11) is -0.457. The number of benzene rings is 1. The average molecular weight is 322 g/mol. The smallest absolute Gasteiger partial charge is 0.289 e. The number of anilines is 2. The first-order chi connectivity index (χ1) is 10.3. The van der Waals surface area contributed by atoms with Gasteiger partial charge in [-0.1, -0.05) is 12.1 Å². The van der Waals surface area contributed by atoms with Crippen LogP contribution < -0.4 is 9.62 Å². The molecule has 0 unspecified atom stereocenters. The lowest BCUT2D eigenvalue weighted by Crippen LogP contribution is -2.15. The third kappa shape index (κ3) is 3.31. The number of sulfonamides is 1. The second-order valence-electron chi connectivity index (χ2n) is 4.63. The minimum atomic E-state index is -4.07. The molecule has 2 aromatic rings. The number of nitrogens with one attached hydrogen (secondary N) is 1. The third-order valence-electron chi connectivity index (χ3n) is 2.81.